The van der Waals surface area contributed by atoms with Gasteiger partial charge in [0.1, 0.15) is 9.84 Å². The Hall–Kier alpha value is -6.60. The number of hydrogen-bond donors (Lipinski definition) is 2. The van der Waals surface area contributed by atoms with E-state index < -0.39 is 45.4 Å². The first-order valence-electron chi connectivity index (χ1n) is 23.3. The van der Waals surface area contributed by atoms with E-state index in [4.69, 9.17) is 9.47 Å². The minimum Gasteiger partial charge on any atom is -0.493 e. The van der Waals surface area contributed by atoms with E-state index in [0.717, 1.165) is 47.7 Å². The third kappa shape index (κ3) is 9.71. The third-order valence-electron chi connectivity index (χ3n) is 13.9. The molecule has 9 rings (SSSR count). The Morgan fingerprint density at radius 1 is 0.855 bits per heavy atom. The molecule has 69 heavy (non-hydrogen) atoms. The molecule has 5 amide bonds. The number of rotatable bonds is 15. The maximum Gasteiger partial charge on any atom is 0.329 e. The number of aryl methyl sites for hydroxylation is 1. The summed E-state index contributed by atoms with van der Waals surface area (Å²) in [4.78, 5) is 59.0. The third-order valence-corrected chi connectivity index (χ3v) is 14.8. The van der Waals surface area contributed by atoms with Crippen molar-refractivity contribution in [1.29, 1.82) is 0 Å². The van der Waals surface area contributed by atoms with Crippen LogP contribution in [-0.2, 0) is 27.6 Å². The molecule has 0 saturated carbocycles. The number of halogens is 2. The molecule has 19 heteroatoms. The molecule has 3 saturated heterocycles. The Morgan fingerprint density at radius 3 is 2.22 bits per heavy atom. The fraction of sp³-hybridized carbons (Fsp3) is 0.420. The summed E-state index contributed by atoms with van der Waals surface area (Å²) in [7, 11) is -0.406. The zero-order chi connectivity index (χ0) is 48.8. The number of alkyl halides is 2. The van der Waals surface area contributed by atoms with Crippen LogP contribution in [-0.4, -0.2) is 117 Å². The van der Waals surface area contributed by atoms with Crippen molar-refractivity contribution in [3.05, 3.63) is 101 Å². The molecule has 1 atom stereocenters. The van der Waals surface area contributed by atoms with Crippen LogP contribution in [0.1, 0.15) is 76.9 Å². The van der Waals surface area contributed by atoms with E-state index in [1.807, 2.05) is 36.1 Å². The molecule has 364 valence electrons. The number of benzene rings is 4. The van der Waals surface area contributed by atoms with Crippen LogP contribution in [0.4, 0.5) is 36.5 Å². The number of urea groups is 1. The van der Waals surface area contributed by atoms with E-state index in [1.54, 1.807) is 54.2 Å². The molecule has 4 aliphatic heterocycles. The van der Waals surface area contributed by atoms with Gasteiger partial charge in [0.05, 0.1) is 54.4 Å². The molecule has 0 spiro atoms. The van der Waals surface area contributed by atoms with E-state index >= 15 is 8.78 Å². The number of anilines is 4. The second kappa shape index (κ2) is 19.1. The Labute approximate surface area is 399 Å². The monoisotopic (exact) mass is 966 g/mol. The van der Waals surface area contributed by atoms with Gasteiger partial charge in [0.25, 0.3) is 17.7 Å². The molecular formula is C50H56F2N8O8S. The molecule has 1 aromatic heterocycles. The minimum atomic E-state index is -3.66. The van der Waals surface area contributed by atoms with Gasteiger partial charge in [-0.2, -0.15) is 13.9 Å². The molecule has 5 heterocycles. The van der Waals surface area contributed by atoms with Gasteiger partial charge in [0, 0.05) is 61.7 Å². The second-order valence-corrected chi connectivity index (χ2v) is 20.6. The number of aromatic nitrogens is 2. The Kier molecular flexibility index (Phi) is 13.1. The number of methoxy groups -OCH3 is 1. The van der Waals surface area contributed by atoms with Crippen molar-refractivity contribution in [2.75, 3.05) is 80.1 Å². The molecule has 0 bridgehead atoms. The summed E-state index contributed by atoms with van der Waals surface area (Å²) in [6, 6.07) is 20.2. The number of nitrogens with one attached hydrogen (secondary N) is 2. The number of amides is 5. The molecular weight excluding hydrogens is 911 g/mol. The molecule has 4 aromatic carbocycles. The SMILES string of the molecule is CCOc1cc([C@@H](CS(C)(=O)=O)N2C(=O)c3cccc(N4CCC(C5CCN(CC(F)(F)c6ccc(Nc7ccc8c(N9CCC(=O)NC9=O)nn(C)c8c7)cc6)CC5)CC4)c3C2=O)ccc1OC. The van der Waals surface area contributed by atoms with Crippen LogP contribution in [0, 0.1) is 11.8 Å². The Morgan fingerprint density at radius 2 is 1.55 bits per heavy atom. The molecule has 16 nitrogen and oxygen atoms in total. The first-order chi connectivity index (χ1) is 33.0. The summed E-state index contributed by atoms with van der Waals surface area (Å²) >= 11 is 0. The van der Waals surface area contributed by atoms with Crippen molar-refractivity contribution in [3.63, 3.8) is 0 Å². The Balaban J connectivity index is 0.790. The van der Waals surface area contributed by atoms with Crippen LogP contribution in [0.25, 0.3) is 10.9 Å². The van der Waals surface area contributed by atoms with Crippen LogP contribution in [0.2, 0.25) is 0 Å². The number of sulfone groups is 1. The first kappa shape index (κ1) is 47.5. The molecule has 0 unspecified atom stereocenters. The Bertz CT molecular complexity index is 2910. The predicted octanol–water partition coefficient (Wildman–Crippen LogP) is 7.27. The topological polar surface area (TPSA) is 176 Å². The van der Waals surface area contributed by atoms with E-state index in [9.17, 15) is 27.6 Å². The van der Waals surface area contributed by atoms with Crippen LogP contribution in [0.15, 0.2) is 78.9 Å². The smallest absolute Gasteiger partial charge is 0.329 e. The lowest BCUT2D eigenvalue weighted by Crippen LogP contribution is -2.49. The highest BCUT2D eigenvalue weighted by Crippen LogP contribution is 2.42. The normalized spacial score (nSPS) is 18.2. The van der Waals surface area contributed by atoms with Gasteiger partial charge < -0.3 is 19.7 Å². The van der Waals surface area contributed by atoms with Crippen LogP contribution < -0.4 is 29.9 Å². The number of carbonyl (C=O) groups is 4. The lowest BCUT2D eigenvalue weighted by molar-refractivity contribution is -0.120. The number of carbonyl (C=O) groups excluding carboxylic acids is 4. The standard InChI is InChI=1S/C50H56F2N8O8S/c1-5-68-43-27-33(9-16-42(43)67-3)41(29-69(4,65)66)60-47(62)38-7-6-8-39(45(38)48(60)63)58-24-19-32(20-25-58)31-17-22-57(23-18-31)30-50(51,52)34-10-12-35(13-11-34)53-36-14-15-37-40(28-36)56(2)55-46(37)59-26-21-44(61)54-49(59)64/h6-16,27-28,31-32,41,53H,5,17-26,29-30H2,1-4H3,(H,54,61,64)/t41-/m1/s1. The van der Waals surface area contributed by atoms with Crippen molar-refractivity contribution in [2.45, 2.75) is 51.0 Å². The van der Waals surface area contributed by atoms with E-state index in [1.165, 1.54) is 24.1 Å². The molecule has 0 aliphatic carbocycles. The van der Waals surface area contributed by atoms with Crippen molar-refractivity contribution < 1.29 is 45.9 Å². The highest BCUT2D eigenvalue weighted by Gasteiger charge is 2.45. The number of fused-ring (bicyclic) bond motifs is 2. The maximum atomic E-state index is 15.8. The van der Waals surface area contributed by atoms with E-state index in [-0.39, 0.29) is 42.1 Å². The van der Waals surface area contributed by atoms with Crippen molar-refractivity contribution in [1.82, 2.24) is 24.9 Å². The molecule has 0 radical (unpaired) electrons. The zero-order valence-electron chi connectivity index (χ0n) is 39.0. The summed E-state index contributed by atoms with van der Waals surface area (Å²) in [5, 5.41) is 10.9. The summed E-state index contributed by atoms with van der Waals surface area (Å²) in [5.74, 6) is -2.94. The summed E-state index contributed by atoms with van der Waals surface area (Å²) in [6.07, 6.45) is 4.56. The quantitative estimate of drug-likeness (QED) is 0.101. The number of likely N-dealkylation sites (tertiary alicyclic amines) is 1. The second-order valence-electron chi connectivity index (χ2n) is 18.4. The molecule has 3 fully saturated rings. The van der Waals surface area contributed by atoms with Gasteiger partial charge in [-0.25, -0.2) is 13.2 Å². The number of hydrogen-bond acceptors (Lipinski definition) is 12. The lowest BCUT2D eigenvalue weighted by atomic mass is 9.78. The number of ether oxygens (including phenoxy) is 2. The molecule has 5 aromatic rings. The van der Waals surface area contributed by atoms with Crippen molar-refractivity contribution in [2.24, 2.45) is 18.9 Å². The van der Waals surface area contributed by atoms with Gasteiger partial charge in [-0.3, -0.25) is 39.1 Å². The van der Waals surface area contributed by atoms with Crippen molar-refractivity contribution in [3.8, 4) is 11.5 Å². The fourth-order valence-corrected chi connectivity index (χ4v) is 11.3. The van der Waals surface area contributed by atoms with Crippen LogP contribution in [0.5, 0.6) is 11.5 Å². The van der Waals surface area contributed by atoms with Gasteiger partial charge in [0.2, 0.25) is 5.91 Å². The van der Waals surface area contributed by atoms with Crippen LogP contribution in [0.3, 0.4) is 0 Å². The van der Waals surface area contributed by atoms with E-state index in [0.29, 0.717) is 84.6 Å². The number of nitrogens with zero attached hydrogens (tertiary/aromatic N) is 6. The molecule has 2 N–H and O–H groups in total. The summed E-state index contributed by atoms with van der Waals surface area (Å²) in [5.41, 5.74) is 3.60. The zero-order valence-corrected chi connectivity index (χ0v) is 39.9. The average Bonchev–Trinajstić information content (AvgIpc) is 3.78. The van der Waals surface area contributed by atoms with E-state index in [2.05, 4.69) is 20.6 Å². The van der Waals surface area contributed by atoms with Crippen molar-refractivity contribution >= 4 is 67.4 Å². The van der Waals surface area contributed by atoms with Gasteiger partial charge >= 0.3 is 6.03 Å². The predicted molar refractivity (Wildman–Crippen MR) is 257 cm³/mol. The summed E-state index contributed by atoms with van der Waals surface area (Å²) in [6.45, 7) is 4.40. The molecule has 4 aliphatic rings. The maximum absolute atomic E-state index is 15.8. The largest absolute Gasteiger partial charge is 0.493 e. The van der Waals surface area contributed by atoms with Crippen LogP contribution >= 0.6 is 0 Å². The summed E-state index contributed by atoms with van der Waals surface area (Å²) < 4.78 is 70.0. The highest BCUT2D eigenvalue weighted by atomic mass is 32.2. The van der Waals surface area contributed by atoms with Gasteiger partial charge in [-0.1, -0.05) is 24.3 Å². The van der Waals surface area contributed by atoms with Gasteiger partial charge in [-0.15, -0.1) is 0 Å². The first-order valence-corrected chi connectivity index (χ1v) is 25.4. The lowest BCUT2D eigenvalue weighted by Gasteiger charge is -2.41. The highest BCUT2D eigenvalue weighted by molar-refractivity contribution is 7.90. The minimum absolute atomic E-state index is 0.0642. The average molecular weight is 967 g/mol. The fourth-order valence-electron chi connectivity index (χ4n) is 10.4. The van der Waals surface area contributed by atoms with Gasteiger partial charge in [0.15, 0.2) is 17.3 Å². The van der Waals surface area contributed by atoms with Gasteiger partial charge in [-0.05, 0) is 118 Å². The number of imide groups is 2. The number of piperidine rings is 2.